The Kier molecular flexibility index (Phi) is 3.84. The summed E-state index contributed by atoms with van der Waals surface area (Å²) in [5, 5.41) is 5.28. The highest BCUT2D eigenvalue weighted by Gasteiger charge is 2.29. The van der Waals surface area contributed by atoms with Crippen LogP contribution in [-0.4, -0.2) is 41.5 Å². The van der Waals surface area contributed by atoms with Crippen LogP contribution in [0, 0.1) is 5.92 Å². The van der Waals surface area contributed by atoms with Crippen molar-refractivity contribution < 1.29 is 4.79 Å². The lowest BCUT2D eigenvalue weighted by Crippen LogP contribution is -2.42. The van der Waals surface area contributed by atoms with Crippen molar-refractivity contribution in [1.29, 1.82) is 0 Å². The number of amides is 1. The van der Waals surface area contributed by atoms with Gasteiger partial charge in [-0.25, -0.2) is 0 Å². The molecule has 3 aliphatic rings. The normalized spacial score (nSPS) is 27.7. The third-order valence-corrected chi connectivity index (χ3v) is 5.75. The van der Waals surface area contributed by atoms with Gasteiger partial charge in [0.25, 0.3) is 0 Å². The van der Waals surface area contributed by atoms with E-state index in [0.717, 1.165) is 34.7 Å². The second kappa shape index (κ2) is 5.97. The molecule has 2 aromatic heterocycles. The number of carbonyl (C=O) groups is 1. The average Bonchev–Trinajstić information content (AvgIpc) is 2.78. The molecule has 3 aliphatic heterocycles. The monoisotopic (exact) mass is 315 g/mol. The number of hydrogen-bond donors (Lipinski definition) is 1. The maximum Gasteiger partial charge on any atom is 0.224 e. The molecule has 4 nitrogen and oxygen atoms in total. The van der Waals surface area contributed by atoms with Crippen LogP contribution in [0.2, 0.25) is 0 Å². The molecule has 0 saturated carbocycles. The predicted molar refractivity (Wildman–Crippen MR) is 89.0 cm³/mol. The number of thiophene rings is 1. The first kappa shape index (κ1) is 14.2. The number of pyridine rings is 1. The third kappa shape index (κ3) is 3.01. The fourth-order valence-electron chi connectivity index (χ4n) is 3.75. The Labute approximate surface area is 134 Å². The average molecular weight is 315 g/mol. The molecule has 0 radical (unpaired) electrons. The van der Waals surface area contributed by atoms with Gasteiger partial charge >= 0.3 is 0 Å². The Morgan fingerprint density at radius 3 is 3.14 bits per heavy atom. The van der Waals surface area contributed by atoms with Crippen LogP contribution in [0.3, 0.4) is 0 Å². The minimum absolute atomic E-state index is 0.130. The van der Waals surface area contributed by atoms with E-state index in [1.54, 1.807) is 11.3 Å². The van der Waals surface area contributed by atoms with Crippen molar-refractivity contribution in [3.8, 4) is 0 Å². The van der Waals surface area contributed by atoms with Crippen LogP contribution in [0.1, 0.15) is 24.8 Å². The van der Waals surface area contributed by atoms with E-state index in [0.29, 0.717) is 12.5 Å². The molecule has 2 bridgehead atoms. The van der Waals surface area contributed by atoms with Gasteiger partial charge in [0.15, 0.2) is 0 Å². The van der Waals surface area contributed by atoms with E-state index < -0.39 is 0 Å². The number of carbonyl (C=O) groups excluding carboxylic acids is 1. The first-order chi connectivity index (χ1) is 10.8. The van der Waals surface area contributed by atoms with E-state index >= 15 is 0 Å². The molecule has 22 heavy (non-hydrogen) atoms. The summed E-state index contributed by atoms with van der Waals surface area (Å²) < 4.78 is 1.16. The highest BCUT2D eigenvalue weighted by Crippen LogP contribution is 2.26. The third-order valence-electron chi connectivity index (χ3n) is 4.89. The number of hydrogen-bond acceptors (Lipinski definition) is 4. The zero-order valence-corrected chi connectivity index (χ0v) is 13.4. The highest BCUT2D eigenvalue weighted by molar-refractivity contribution is 7.17. The summed E-state index contributed by atoms with van der Waals surface area (Å²) in [6.45, 7) is 3.43. The van der Waals surface area contributed by atoms with Gasteiger partial charge in [0.2, 0.25) is 5.91 Å². The number of fused-ring (bicyclic) bond motifs is 5. The zero-order chi connectivity index (χ0) is 14.9. The number of nitrogens with zero attached hydrogens (tertiary/aromatic N) is 2. The standard InChI is InChI=1S/C17H21N3OS/c21-17(9-13-8-16-15(18-10-13)3-6-22-16)19-14-7-12-1-4-20(11-14)5-2-12/h3,6,8,10,12,14H,1-2,4-5,7,9,11H2,(H,19,21). The summed E-state index contributed by atoms with van der Waals surface area (Å²) in [7, 11) is 0. The summed E-state index contributed by atoms with van der Waals surface area (Å²) in [6.07, 6.45) is 6.00. The van der Waals surface area contributed by atoms with E-state index in [4.69, 9.17) is 0 Å². The molecule has 3 saturated heterocycles. The Balaban J connectivity index is 1.39. The van der Waals surface area contributed by atoms with Crippen molar-refractivity contribution in [2.24, 2.45) is 5.92 Å². The zero-order valence-electron chi connectivity index (χ0n) is 12.6. The van der Waals surface area contributed by atoms with Gasteiger partial charge in [0.1, 0.15) is 0 Å². The number of aromatic nitrogens is 1. The van der Waals surface area contributed by atoms with Crippen molar-refractivity contribution in [2.75, 3.05) is 19.6 Å². The molecule has 1 atom stereocenters. The fourth-order valence-corrected chi connectivity index (χ4v) is 4.55. The molecule has 1 N–H and O–H groups in total. The van der Waals surface area contributed by atoms with Crippen molar-refractivity contribution in [3.05, 3.63) is 29.3 Å². The molecule has 3 fully saturated rings. The Morgan fingerprint density at radius 1 is 1.41 bits per heavy atom. The summed E-state index contributed by atoms with van der Waals surface area (Å²) in [5.41, 5.74) is 2.02. The van der Waals surface area contributed by atoms with Gasteiger partial charge in [0, 0.05) is 18.8 Å². The van der Waals surface area contributed by atoms with Crippen LogP contribution in [0.25, 0.3) is 10.2 Å². The topological polar surface area (TPSA) is 45.2 Å². The van der Waals surface area contributed by atoms with E-state index in [2.05, 4.69) is 21.3 Å². The summed E-state index contributed by atoms with van der Waals surface area (Å²) in [4.78, 5) is 19.3. The maximum absolute atomic E-state index is 12.3. The van der Waals surface area contributed by atoms with Gasteiger partial charge in [-0.3, -0.25) is 9.78 Å². The Morgan fingerprint density at radius 2 is 2.27 bits per heavy atom. The van der Waals surface area contributed by atoms with Crippen LogP contribution in [0.5, 0.6) is 0 Å². The number of piperidine rings is 1. The molecule has 116 valence electrons. The van der Waals surface area contributed by atoms with Crippen molar-refractivity contribution in [1.82, 2.24) is 15.2 Å². The molecule has 5 heterocycles. The predicted octanol–water partition coefficient (Wildman–Crippen LogP) is 2.44. The molecule has 0 spiro atoms. The molecule has 0 aliphatic carbocycles. The van der Waals surface area contributed by atoms with Crippen molar-refractivity contribution in [2.45, 2.75) is 31.7 Å². The second-order valence-corrected chi connectivity index (χ2v) is 7.52. The number of rotatable bonds is 3. The van der Waals surface area contributed by atoms with Crippen molar-refractivity contribution >= 4 is 27.5 Å². The molecule has 1 unspecified atom stereocenters. The van der Waals surface area contributed by atoms with Crippen LogP contribution in [-0.2, 0) is 11.2 Å². The molecular weight excluding hydrogens is 294 g/mol. The van der Waals surface area contributed by atoms with Crippen molar-refractivity contribution in [3.63, 3.8) is 0 Å². The second-order valence-electron chi connectivity index (χ2n) is 6.57. The summed E-state index contributed by atoms with van der Waals surface area (Å²) in [5.74, 6) is 0.929. The van der Waals surface area contributed by atoms with Gasteiger partial charge in [-0.05, 0) is 61.3 Å². The van der Waals surface area contributed by atoms with Gasteiger partial charge in [-0.2, -0.15) is 0 Å². The lowest BCUT2D eigenvalue weighted by molar-refractivity contribution is -0.121. The first-order valence-corrected chi connectivity index (χ1v) is 8.98. The minimum Gasteiger partial charge on any atom is -0.352 e. The van der Waals surface area contributed by atoms with Crippen LogP contribution >= 0.6 is 11.3 Å². The van der Waals surface area contributed by atoms with E-state index in [1.807, 2.05) is 17.6 Å². The van der Waals surface area contributed by atoms with Gasteiger partial charge in [0.05, 0.1) is 16.6 Å². The first-order valence-electron chi connectivity index (χ1n) is 8.10. The molecule has 2 aromatic rings. The Hall–Kier alpha value is -1.46. The van der Waals surface area contributed by atoms with E-state index in [9.17, 15) is 4.79 Å². The minimum atomic E-state index is 0.130. The fraction of sp³-hybridized carbons (Fsp3) is 0.529. The lowest BCUT2D eigenvalue weighted by atomic mass is 9.94. The molecular formula is C17H21N3OS. The Bertz CT molecular complexity index is 661. The highest BCUT2D eigenvalue weighted by atomic mass is 32.1. The van der Waals surface area contributed by atoms with Gasteiger partial charge in [-0.15, -0.1) is 11.3 Å². The molecule has 1 amide bonds. The SMILES string of the molecule is O=C(Cc1cnc2ccsc2c1)NC1CC2CCN(CC2)C1. The number of nitrogens with one attached hydrogen (secondary N) is 1. The molecule has 0 aromatic carbocycles. The summed E-state index contributed by atoms with van der Waals surface area (Å²) >= 11 is 1.67. The van der Waals surface area contributed by atoms with E-state index in [1.165, 1.54) is 25.9 Å². The van der Waals surface area contributed by atoms with Gasteiger partial charge < -0.3 is 10.2 Å². The largest absolute Gasteiger partial charge is 0.352 e. The van der Waals surface area contributed by atoms with E-state index in [-0.39, 0.29) is 5.91 Å². The molecule has 5 rings (SSSR count). The maximum atomic E-state index is 12.3. The molecule has 5 heteroatoms. The van der Waals surface area contributed by atoms with Crippen LogP contribution < -0.4 is 5.32 Å². The smallest absolute Gasteiger partial charge is 0.224 e. The summed E-state index contributed by atoms with van der Waals surface area (Å²) in [6, 6.07) is 4.42. The lowest BCUT2D eigenvalue weighted by Gasteiger charge is -2.26. The van der Waals surface area contributed by atoms with Crippen LogP contribution in [0.15, 0.2) is 23.7 Å². The van der Waals surface area contributed by atoms with Crippen LogP contribution in [0.4, 0.5) is 0 Å². The van der Waals surface area contributed by atoms with Gasteiger partial charge in [-0.1, -0.05) is 0 Å². The quantitative estimate of drug-likeness (QED) is 0.946.